The number of fused-ring (bicyclic) bond motifs is 1. The average molecular weight is 513 g/mol. The van der Waals surface area contributed by atoms with E-state index in [1.807, 2.05) is 18.5 Å². The SMILES string of the molecule is CCOc1nc(Nc2cnn(C3CCOCC3)c2OC)nc2c1ccn2S(=O)(=O)c1ccc(C)cc1. The first-order valence-electron chi connectivity index (χ1n) is 11.7. The first-order chi connectivity index (χ1) is 17.4. The van der Waals surface area contributed by atoms with Crippen molar-refractivity contribution in [3.63, 3.8) is 0 Å². The Balaban J connectivity index is 1.56. The zero-order chi connectivity index (χ0) is 25.3. The number of anilines is 2. The monoisotopic (exact) mass is 512 g/mol. The van der Waals surface area contributed by atoms with E-state index in [0.717, 1.165) is 22.4 Å². The van der Waals surface area contributed by atoms with Gasteiger partial charge in [0.1, 0.15) is 5.69 Å². The summed E-state index contributed by atoms with van der Waals surface area (Å²) >= 11 is 0. The molecule has 12 heteroatoms. The number of aryl methyl sites for hydroxylation is 1. The Morgan fingerprint density at radius 2 is 1.89 bits per heavy atom. The largest absolute Gasteiger partial charge is 0.480 e. The van der Waals surface area contributed by atoms with Crippen molar-refractivity contribution in [2.45, 2.75) is 37.6 Å². The summed E-state index contributed by atoms with van der Waals surface area (Å²) in [5.41, 5.74) is 1.73. The predicted molar refractivity (Wildman–Crippen MR) is 134 cm³/mol. The van der Waals surface area contributed by atoms with Gasteiger partial charge >= 0.3 is 0 Å². The molecule has 3 aromatic heterocycles. The van der Waals surface area contributed by atoms with E-state index in [0.29, 0.717) is 36.8 Å². The second-order valence-corrected chi connectivity index (χ2v) is 10.2. The van der Waals surface area contributed by atoms with Crippen molar-refractivity contribution in [2.24, 2.45) is 0 Å². The van der Waals surface area contributed by atoms with E-state index < -0.39 is 10.0 Å². The molecule has 1 aliphatic rings. The molecule has 1 aromatic carbocycles. The number of hydrogen-bond donors (Lipinski definition) is 1. The second kappa shape index (κ2) is 9.78. The molecule has 190 valence electrons. The fourth-order valence-corrected chi connectivity index (χ4v) is 5.53. The maximum absolute atomic E-state index is 13.4. The van der Waals surface area contributed by atoms with Crippen LogP contribution in [0.15, 0.2) is 47.6 Å². The molecule has 0 amide bonds. The van der Waals surface area contributed by atoms with Crippen molar-refractivity contribution in [1.29, 1.82) is 0 Å². The molecule has 36 heavy (non-hydrogen) atoms. The molecule has 5 rings (SSSR count). The Morgan fingerprint density at radius 3 is 2.58 bits per heavy atom. The molecule has 11 nitrogen and oxygen atoms in total. The highest BCUT2D eigenvalue weighted by Gasteiger charge is 2.25. The molecular weight excluding hydrogens is 484 g/mol. The van der Waals surface area contributed by atoms with Crippen LogP contribution in [0.1, 0.15) is 31.4 Å². The predicted octanol–water partition coefficient (Wildman–Crippen LogP) is 3.68. The minimum absolute atomic E-state index is 0.156. The van der Waals surface area contributed by atoms with Gasteiger partial charge in [-0.3, -0.25) is 0 Å². The summed E-state index contributed by atoms with van der Waals surface area (Å²) in [5, 5.41) is 8.14. The molecule has 0 spiro atoms. The molecule has 1 fully saturated rings. The fourth-order valence-electron chi connectivity index (χ4n) is 4.24. The van der Waals surface area contributed by atoms with Gasteiger partial charge in [-0.05, 0) is 44.9 Å². The second-order valence-electron chi connectivity index (χ2n) is 8.43. The summed E-state index contributed by atoms with van der Waals surface area (Å²) in [4.78, 5) is 9.21. The molecule has 0 atom stereocenters. The van der Waals surface area contributed by atoms with Crippen molar-refractivity contribution in [3.05, 3.63) is 48.3 Å². The van der Waals surface area contributed by atoms with E-state index in [2.05, 4.69) is 20.4 Å². The number of ether oxygens (including phenoxy) is 3. The van der Waals surface area contributed by atoms with Gasteiger partial charge in [-0.25, -0.2) is 17.1 Å². The van der Waals surface area contributed by atoms with Crippen LogP contribution in [0.2, 0.25) is 0 Å². The number of hydrogen-bond acceptors (Lipinski definition) is 9. The first-order valence-corrected chi connectivity index (χ1v) is 13.2. The number of methoxy groups -OCH3 is 1. The van der Waals surface area contributed by atoms with Gasteiger partial charge < -0.3 is 19.5 Å². The van der Waals surface area contributed by atoms with Crippen LogP contribution in [0.25, 0.3) is 11.0 Å². The van der Waals surface area contributed by atoms with Gasteiger partial charge in [-0.2, -0.15) is 15.1 Å². The molecule has 1 aliphatic heterocycles. The van der Waals surface area contributed by atoms with E-state index in [4.69, 9.17) is 14.2 Å². The van der Waals surface area contributed by atoms with Crippen LogP contribution >= 0.6 is 0 Å². The normalized spacial score (nSPS) is 14.8. The van der Waals surface area contributed by atoms with E-state index in [1.54, 1.807) is 43.6 Å². The highest BCUT2D eigenvalue weighted by molar-refractivity contribution is 7.90. The minimum Gasteiger partial charge on any atom is -0.480 e. The maximum Gasteiger partial charge on any atom is 0.269 e. The summed E-state index contributed by atoms with van der Waals surface area (Å²) < 4.78 is 46.7. The Bertz CT molecular complexity index is 1470. The quantitative estimate of drug-likeness (QED) is 0.377. The molecule has 0 aliphatic carbocycles. The van der Waals surface area contributed by atoms with Gasteiger partial charge in [-0.1, -0.05) is 17.7 Å². The zero-order valence-corrected chi connectivity index (χ0v) is 21.2. The lowest BCUT2D eigenvalue weighted by molar-refractivity contribution is 0.0638. The summed E-state index contributed by atoms with van der Waals surface area (Å²) in [5.74, 6) is 0.972. The molecule has 0 unspecified atom stereocenters. The van der Waals surface area contributed by atoms with Gasteiger partial charge in [0, 0.05) is 19.4 Å². The standard InChI is InChI=1S/C24H28N6O5S/c1-4-35-22-19-9-12-29(36(31,32)18-7-5-16(2)6-8-18)21(19)27-24(28-22)26-20-15-25-30(23(20)33-3)17-10-13-34-14-11-17/h5-9,12,15,17H,4,10-11,13-14H2,1-3H3,(H,26,27,28). The maximum atomic E-state index is 13.4. The summed E-state index contributed by atoms with van der Waals surface area (Å²) in [6.07, 6.45) is 4.77. The average Bonchev–Trinajstić information content (AvgIpc) is 3.50. The third kappa shape index (κ3) is 4.37. The van der Waals surface area contributed by atoms with E-state index in [-0.39, 0.29) is 28.4 Å². The molecule has 0 bridgehead atoms. The fraction of sp³-hybridized carbons (Fsp3) is 0.375. The highest BCUT2D eigenvalue weighted by Crippen LogP contribution is 2.34. The lowest BCUT2D eigenvalue weighted by atomic mass is 10.1. The van der Waals surface area contributed by atoms with Crippen LogP contribution in [-0.4, -0.2) is 59.1 Å². The molecule has 4 heterocycles. The number of benzene rings is 1. The molecular formula is C24H28N6O5S. The Morgan fingerprint density at radius 1 is 1.14 bits per heavy atom. The van der Waals surface area contributed by atoms with Crippen molar-refractivity contribution >= 4 is 32.7 Å². The van der Waals surface area contributed by atoms with Gasteiger partial charge in [0.2, 0.25) is 17.7 Å². The van der Waals surface area contributed by atoms with Crippen molar-refractivity contribution in [1.82, 2.24) is 23.7 Å². The minimum atomic E-state index is -3.89. The van der Waals surface area contributed by atoms with Gasteiger partial charge in [0.15, 0.2) is 5.65 Å². The van der Waals surface area contributed by atoms with Crippen molar-refractivity contribution < 1.29 is 22.6 Å². The van der Waals surface area contributed by atoms with Gasteiger partial charge in [0.25, 0.3) is 10.0 Å². The Kier molecular flexibility index (Phi) is 6.54. The van der Waals surface area contributed by atoms with Crippen LogP contribution < -0.4 is 14.8 Å². The topological polar surface area (TPSA) is 122 Å². The number of nitrogens with one attached hydrogen (secondary N) is 1. The lowest BCUT2D eigenvalue weighted by Crippen LogP contribution is -2.21. The van der Waals surface area contributed by atoms with Gasteiger partial charge in [0.05, 0.1) is 36.2 Å². The van der Waals surface area contributed by atoms with Gasteiger partial charge in [-0.15, -0.1) is 0 Å². The lowest BCUT2D eigenvalue weighted by Gasteiger charge is -2.23. The van der Waals surface area contributed by atoms with Crippen molar-refractivity contribution in [3.8, 4) is 11.8 Å². The van der Waals surface area contributed by atoms with E-state index in [9.17, 15) is 8.42 Å². The van der Waals surface area contributed by atoms with Crippen LogP contribution in [0.5, 0.6) is 11.8 Å². The molecule has 0 radical (unpaired) electrons. The summed E-state index contributed by atoms with van der Waals surface area (Å²) in [7, 11) is -2.32. The molecule has 1 N–H and O–H groups in total. The Hall–Kier alpha value is -3.64. The van der Waals surface area contributed by atoms with Crippen LogP contribution in [0.4, 0.5) is 11.6 Å². The van der Waals surface area contributed by atoms with Crippen LogP contribution in [-0.2, 0) is 14.8 Å². The molecule has 4 aromatic rings. The summed E-state index contributed by atoms with van der Waals surface area (Å²) in [6, 6.07) is 8.47. The summed E-state index contributed by atoms with van der Waals surface area (Å²) in [6.45, 7) is 5.43. The third-order valence-corrected chi connectivity index (χ3v) is 7.74. The smallest absolute Gasteiger partial charge is 0.269 e. The number of rotatable bonds is 8. The van der Waals surface area contributed by atoms with Crippen LogP contribution in [0.3, 0.4) is 0 Å². The van der Waals surface area contributed by atoms with Crippen molar-refractivity contribution in [2.75, 3.05) is 32.2 Å². The highest BCUT2D eigenvalue weighted by atomic mass is 32.2. The number of aromatic nitrogens is 5. The Labute approximate surface area is 209 Å². The molecule has 1 saturated heterocycles. The number of nitrogens with zero attached hydrogens (tertiary/aromatic N) is 5. The third-order valence-electron chi connectivity index (χ3n) is 6.06. The van der Waals surface area contributed by atoms with E-state index >= 15 is 0 Å². The van der Waals surface area contributed by atoms with Crippen LogP contribution in [0, 0.1) is 6.92 Å². The first kappa shape index (κ1) is 24.1. The zero-order valence-electron chi connectivity index (χ0n) is 20.3. The van der Waals surface area contributed by atoms with E-state index in [1.165, 1.54) is 6.20 Å². The molecule has 0 saturated carbocycles.